The highest BCUT2D eigenvalue weighted by Gasteiger charge is 2.39. The normalized spacial score (nSPS) is 28.0. The summed E-state index contributed by atoms with van der Waals surface area (Å²) in [4.78, 5) is 12.7. The molecule has 2 unspecified atom stereocenters. The van der Waals surface area contributed by atoms with E-state index in [1.807, 2.05) is 37.3 Å². The molecule has 1 aromatic rings. The molecule has 1 saturated carbocycles. The number of amides is 1. The van der Waals surface area contributed by atoms with Crippen molar-refractivity contribution in [1.82, 2.24) is 9.62 Å². The zero-order chi connectivity index (χ0) is 19.5. The van der Waals surface area contributed by atoms with E-state index in [2.05, 4.69) is 5.32 Å². The van der Waals surface area contributed by atoms with Crippen LogP contribution < -0.4 is 11.1 Å². The van der Waals surface area contributed by atoms with E-state index in [1.165, 1.54) is 0 Å². The minimum absolute atomic E-state index is 0.0263. The van der Waals surface area contributed by atoms with Crippen LogP contribution >= 0.6 is 0 Å². The van der Waals surface area contributed by atoms with Crippen LogP contribution in [0.4, 0.5) is 0 Å². The lowest BCUT2D eigenvalue weighted by molar-refractivity contribution is -0.129. The highest BCUT2D eigenvalue weighted by Crippen LogP contribution is 2.32. The van der Waals surface area contributed by atoms with E-state index < -0.39 is 15.6 Å². The lowest BCUT2D eigenvalue weighted by atomic mass is 9.74. The van der Waals surface area contributed by atoms with E-state index in [1.54, 1.807) is 4.31 Å². The highest BCUT2D eigenvalue weighted by molar-refractivity contribution is 7.88. The van der Waals surface area contributed by atoms with Crippen LogP contribution in [0.1, 0.15) is 51.0 Å². The number of benzene rings is 1. The molecule has 0 bridgehead atoms. The summed E-state index contributed by atoms with van der Waals surface area (Å²) in [5.74, 6) is -0.0882. The van der Waals surface area contributed by atoms with Crippen molar-refractivity contribution in [2.24, 2.45) is 11.7 Å². The number of nitrogens with zero attached hydrogens (tertiary/aromatic N) is 1. The summed E-state index contributed by atoms with van der Waals surface area (Å²) in [6.07, 6.45) is 5.13. The van der Waals surface area contributed by atoms with Crippen LogP contribution in [0.3, 0.4) is 0 Å². The fraction of sp³-hybridized carbons (Fsp3) is 0.650. The van der Waals surface area contributed by atoms with Crippen molar-refractivity contribution in [2.45, 2.75) is 62.8 Å². The number of nitrogens with two attached hydrogens (primary N) is 1. The van der Waals surface area contributed by atoms with Gasteiger partial charge in [0.15, 0.2) is 0 Å². The Morgan fingerprint density at radius 2 is 1.85 bits per heavy atom. The number of nitrogens with one attached hydrogen (secondary N) is 1. The van der Waals surface area contributed by atoms with E-state index in [0.717, 1.165) is 31.2 Å². The largest absolute Gasteiger partial charge is 0.353 e. The number of rotatable bonds is 5. The molecular formula is C20H31N3O3S. The summed E-state index contributed by atoms with van der Waals surface area (Å²) >= 11 is 0. The predicted octanol–water partition coefficient (Wildman–Crippen LogP) is 2.00. The molecule has 27 heavy (non-hydrogen) atoms. The molecule has 6 nitrogen and oxygen atoms in total. The van der Waals surface area contributed by atoms with Crippen molar-refractivity contribution in [3.63, 3.8) is 0 Å². The minimum atomic E-state index is -3.33. The molecule has 150 valence electrons. The lowest BCUT2D eigenvalue weighted by Crippen LogP contribution is -2.55. The third-order valence-corrected chi connectivity index (χ3v) is 7.81. The minimum Gasteiger partial charge on any atom is -0.353 e. The smallest absolute Gasteiger partial charge is 0.225 e. The standard InChI is InChI=1S/C20H31N3O3S/c1-20(21)12-6-5-9-18(20)19(24)22-17-10-13-23(14-11-17)27(25,26)15-16-7-3-2-4-8-16/h2-4,7-8,17-18H,5-6,9-15,21H2,1H3,(H,22,24). The van der Waals surface area contributed by atoms with Crippen LogP contribution in [-0.2, 0) is 20.6 Å². The number of carbonyl (C=O) groups excluding carboxylic acids is 1. The van der Waals surface area contributed by atoms with Gasteiger partial charge in [0.2, 0.25) is 15.9 Å². The molecule has 2 atom stereocenters. The zero-order valence-electron chi connectivity index (χ0n) is 16.1. The SMILES string of the molecule is CC1(N)CCCCC1C(=O)NC1CCN(S(=O)(=O)Cc2ccccc2)CC1. The van der Waals surface area contributed by atoms with Gasteiger partial charge in [0.05, 0.1) is 11.7 Å². The van der Waals surface area contributed by atoms with Crippen LogP contribution in [0.2, 0.25) is 0 Å². The van der Waals surface area contributed by atoms with Gasteiger partial charge in [0.25, 0.3) is 0 Å². The maximum atomic E-state index is 12.7. The monoisotopic (exact) mass is 393 g/mol. The summed E-state index contributed by atoms with van der Waals surface area (Å²) in [6, 6.07) is 9.27. The van der Waals surface area contributed by atoms with Gasteiger partial charge >= 0.3 is 0 Å². The molecular weight excluding hydrogens is 362 g/mol. The molecule has 2 aliphatic rings. The first-order valence-electron chi connectivity index (χ1n) is 9.89. The maximum Gasteiger partial charge on any atom is 0.225 e. The number of carbonyl (C=O) groups is 1. The lowest BCUT2D eigenvalue weighted by Gasteiger charge is -2.39. The average molecular weight is 394 g/mol. The Morgan fingerprint density at radius 3 is 2.48 bits per heavy atom. The van der Waals surface area contributed by atoms with Crippen molar-refractivity contribution < 1.29 is 13.2 Å². The molecule has 0 aromatic heterocycles. The average Bonchev–Trinajstić information content (AvgIpc) is 2.62. The molecule has 1 heterocycles. The van der Waals surface area contributed by atoms with Crippen LogP contribution in [0.25, 0.3) is 0 Å². The van der Waals surface area contributed by atoms with E-state index in [-0.39, 0.29) is 23.6 Å². The first-order chi connectivity index (χ1) is 12.8. The van der Waals surface area contributed by atoms with Gasteiger partial charge in [0, 0.05) is 24.7 Å². The van der Waals surface area contributed by atoms with Crippen molar-refractivity contribution >= 4 is 15.9 Å². The van der Waals surface area contributed by atoms with Gasteiger partial charge < -0.3 is 11.1 Å². The number of hydrogen-bond acceptors (Lipinski definition) is 4. The third-order valence-electron chi connectivity index (χ3n) is 5.96. The summed E-state index contributed by atoms with van der Waals surface area (Å²) in [5, 5.41) is 3.13. The van der Waals surface area contributed by atoms with E-state index in [4.69, 9.17) is 5.73 Å². The van der Waals surface area contributed by atoms with Crippen LogP contribution in [0, 0.1) is 5.92 Å². The van der Waals surface area contributed by atoms with Gasteiger partial charge in [-0.1, -0.05) is 43.2 Å². The zero-order valence-corrected chi connectivity index (χ0v) is 16.9. The second-order valence-corrected chi connectivity index (χ2v) is 10.2. The molecule has 3 N–H and O–H groups in total. The van der Waals surface area contributed by atoms with Gasteiger partial charge in [-0.15, -0.1) is 0 Å². The van der Waals surface area contributed by atoms with Crippen molar-refractivity contribution in [2.75, 3.05) is 13.1 Å². The van der Waals surface area contributed by atoms with E-state index >= 15 is 0 Å². The molecule has 1 aliphatic carbocycles. The number of sulfonamides is 1. The van der Waals surface area contributed by atoms with Crippen molar-refractivity contribution in [3.05, 3.63) is 35.9 Å². The quantitative estimate of drug-likeness (QED) is 0.800. The van der Waals surface area contributed by atoms with Gasteiger partial charge in [-0.2, -0.15) is 0 Å². The Hall–Kier alpha value is -1.44. The van der Waals surface area contributed by atoms with Gasteiger partial charge in [-0.3, -0.25) is 4.79 Å². The van der Waals surface area contributed by atoms with Crippen molar-refractivity contribution in [1.29, 1.82) is 0 Å². The molecule has 1 saturated heterocycles. The third kappa shape index (κ3) is 5.09. The Labute approximate surface area is 162 Å². The van der Waals surface area contributed by atoms with Crippen LogP contribution in [-0.4, -0.2) is 43.3 Å². The number of piperidine rings is 1. The molecule has 0 radical (unpaired) electrons. The molecule has 2 fully saturated rings. The summed E-state index contributed by atoms with van der Waals surface area (Å²) in [6.45, 7) is 2.87. The highest BCUT2D eigenvalue weighted by atomic mass is 32.2. The topological polar surface area (TPSA) is 92.5 Å². The fourth-order valence-corrected chi connectivity index (χ4v) is 5.81. The van der Waals surface area contributed by atoms with E-state index in [0.29, 0.717) is 25.9 Å². The van der Waals surface area contributed by atoms with Crippen LogP contribution in [0.5, 0.6) is 0 Å². The first-order valence-corrected chi connectivity index (χ1v) is 11.5. The van der Waals surface area contributed by atoms with Gasteiger partial charge in [0.1, 0.15) is 0 Å². The Morgan fingerprint density at radius 1 is 1.19 bits per heavy atom. The van der Waals surface area contributed by atoms with Crippen molar-refractivity contribution in [3.8, 4) is 0 Å². The molecule has 1 aliphatic heterocycles. The summed E-state index contributed by atoms with van der Waals surface area (Å²) in [5.41, 5.74) is 6.69. The van der Waals surface area contributed by atoms with Gasteiger partial charge in [-0.25, -0.2) is 12.7 Å². The van der Waals surface area contributed by atoms with E-state index in [9.17, 15) is 13.2 Å². The maximum absolute atomic E-state index is 12.7. The second kappa shape index (κ2) is 8.29. The molecule has 7 heteroatoms. The number of hydrogen-bond donors (Lipinski definition) is 2. The fourth-order valence-electron chi connectivity index (χ4n) is 4.25. The van der Waals surface area contributed by atoms with Crippen LogP contribution in [0.15, 0.2) is 30.3 Å². The molecule has 0 spiro atoms. The summed E-state index contributed by atoms with van der Waals surface area (Å²) in [7, 11) is -3.33. The second-order valence-electron chi connectivity index (χ2n) is 8.23. The first kappa shape index (κ1) is 20.3. The molecule has 3 rings (SSSR count). The summed E-state index contributed by atoms with van der Waals surface area (Å²) < 4.78 is 26.8. The Balaban J connectivity index is 1.52. The molecule has 1 aromatic carbocycles. The predicted molar refractivity (Wildman–Crippen MR) is 106 cm³/mol. The molecule has 1 amide bonds. The Kier molecular flexibility index (Phi) is 6.23. The van der Waals surface area contributed by atoms with Gasteiger partial charge in [-0.05, 0) is 38.2 Å². The Bertz CT molecular complexity index is 741.